The molecule has 0 bridgehead atoms. The van der Waals surface area contributed by atoms with Crippen LogP contribution in [0.4, 0.5) is 0 Å². The lowest BCUT2D eigenvalue weighted by Gasteiger charge is -2.24. The molecule has 8 heteroatoms. The molecule has 0 saturated heterocycles. The number of benzene rings is 3. The summed E-state index contributed by atoms with van der Waals surface area (Å²) in [5, 5.41) is 3.89. The molecule has 0 saturated carbocycles. The SMILES string of the molecule is CCOC(=O)C1=C(c2ccccc2)N=c2sc(=Cc3ccc(OC)c4ccccc34)c(=O)n2C1c1cccs1. The van der Waals surface area contributed by atoms with Gasteiger partial charge in [-0.1, -0.05) is 78.1 Å². The second-order valence-electron chi connectivity index (χ2n) is 8.85. The first-order valence-corrected chi connectivity index (χ1v) is 14.2. The van der Waals surface area contributed by atoms with Crippen LogP contribution in [0.15, 0.2) is 99.6 Å². The molecule has 194 valence electrons. The van der Waals surface area contributed by atoms with E-state index in [9.17, 15) is 9.59 Å². The number of hydrogen-bond acceptors (Lipinski definition) is 7. The van der Waals surface area contributed by atoms with E-state index in [1.54, 1.807) is 18.6 Å². The monoisotopic (exact) mass is 552 g/mol. The van der Waals surface area contributed by atoms with Crippen LogP contribution in [-0.4, -0.2) is 24.3 Å². The Morgan fingerprint density at radius 3 is 2.49 bits per heavy atom. The molecule has 1 unspecified atom stereocenters. The predicted molar refractivity (Wildman–Crippen MR) is 156 cm³/mol. The number of hydrogen-bond donors (Lipinski definition) is 0. The number of carbonyl (C=O) groups is 1. The van der Waals surface area contributed by atoms with Crippen LogP contribution in [0.25, 0.3) is 22.5 Å². The summed E-state index contributed by atoms with van der Waals surface area (Å²) >= 11 is 2.81. The third-order valence-electron chi connectivity index (χ3n) is 6.61. The average molecular weight is 553 g/mol. The first kappa shape index (κ1) is 25.0. The van der Waals surface area contributed by atoms with E-state index in [0.717, 1.165) is 32.5 Å². The van der Waals surface area contributed by atoms with Crippen LogP contribution in [-0.2, 0) is 9.53 Å². The Kier molecular flexibility index (Phi) is 6.72. The fourth-order valence-electron chi connectivity index (χ4n) is 4.90. The zero-order chi connectivity index (χ0) is 26.9. The summed E-state index contributed by atoms with van der Waals surface area (Å²) in [4.78, 5) is 33.8. The van der Waals surface area contributed by atoms with Crippen LogP contribution in [0.5, 0.6) is 5.75 Å². The molecule has 1 aliphatic heterocycles. The molecule has 5 aromatic rings. The Morgan fingerprint density at radius 1 is 1.00 bits per heavy atom. The molecule has 0 spiro atoms. The Labute approximate surface area is 232 Å². The Bertz CT molecular complexity index is 1900. The lowest BCUT2D eigenvalue weighted by Crippen LogP contribution is -2.39. The molecule has 6 nitrogen and oxygen atoms in total. The van der Waals surface area contributed by atoms with Crippen molar-refractivity contribution < 1.29 is 14.3 Å². The van der Waals surface area contributed by atoms with Gasteiger partial charge in [-0.2, -0.15) is 0 Å². The number of rotatable bonds is 6. The van der Waals surface area contributed by atoms with E-state index in [-0.39, 0.29) is 12.2 Å². The van der Waals surface area contributed by atoms with Crippen LogP contribution in [0, 0.1) is 0 Å². The molecule has 0 aliphatic carbocycles. The summed E-state index contributed by atoms with van der Waals surface area (Å²) < 4.78 is 13.2. The molecule has 3 heterocycles. The van der Waals surface area contributed by atoms with Gasteiger partial charge in [-0.25, -0.2) is 9.79 Å². The third-order valence-corrected chi connectivity index (χ3v) is 8.52. The van der Waals surface area contributed by atoms with Crippen LogP contribution in [0.2, 0.25) is 0 Å². The summed E-state index contributed by atoms with van der Waals surface area (Å²) in [5.41, 5.74) is 2.37. The fraction of sp³-hybridized carbons (Fsp3) is 0.129. The highest BCUT2D eigenvalue weighted by Gasteiger charge is 2.35. The molecule has 2 aromatic heterocycles. The van der Waals surface area contributed by atoms with Gasteiger partial charge in [0.05, 0.1) is 29.5 Å². The lowest BCUT2D eigenvalue weighted by atomic mass is 9.97. The number of thiazole rings is 1. The van der Waals surface area contributed by atoms with Crippen molar-refractivity contribution in [1.29, 1.82) is 0 Å². The van der Waals surface area contributed by atoms with Crippen molar-refractivity contribution in [2.24, 2.45) is 4.99 Å². The van der Waals surface area contributed by atoms with E-state index in [1.165, 1.54) is 22.7 Å². The Hall–Kier alpha value is -4.27. The molecule has 39 heavy (non-hydrogen) atoms. The number of thiophene rings is 1. The third kappa shape index (κ3) is 4.41. The van der Waals surface area contributed by atoms with Crippen LogP contribution >= 0.6 is 22.7 Å². The molecule has 0 amide bonds. The maximum atomic E-state index is 14.0. The number of carbonyl (C=O) groups excluding carboxylic acids is 1. The smallest absolute Gasteiger partial charge is 0.338 e. The quantitative estimate of drug-likeness (QED) is 0.273. The highest BCUT2D eigenvalue weighted by atomic mass is 32.1. The summed E-state index contributed by atoms with van der Waals surface area (Å²) in [5.74, 6) is 0.294. The number of fused-ring (bicyclic) bond motifs is 2. The minimum absolute atomic E-state index is 0.203. The van der Waals surface area contributed by atoms with Gasteiger partial charge in [0, 0.05) is 15.8 Å². The van der Waals surface area contributed by atoms with Gasteiger partial charge in [0.15, 0.2) is 4.80 Å². The molecule has 0 fully saturated rings. The number of esters is 1. The lowest BCUT2D eigenvalue weighted by molar-refractivity contribution is -0.138. The maximum Gasteiger partial charge on any atom is 0.338 e. The molecular formula is C31H24N2O4S2. The van der Waals surface area contributed by atoms with Gasteiger partial charge >= 0.3 is 5.97 Å². The van der Waals surface area contributed by atoms with Crippen LogP contribution < -0.4 is 19.6 Å². The number of methoxy groups -OCH3 is 1. The van der Waals surface area contributed by atoms with Gasteiger partial charge in [-0.05, 0) is 41.5 Å². The van der Waals surface area contributed by atoms with E-state index in [0.29, 0.717) is 20.6 Å². The van der Waals surface area contributed by atoms with E-state index in [1.807, 2.05) is 90.3 Å². The fourth-order valence-corrected chi connectivity index (χ4v) is 6.71. The summed E-state index contributed by atoms with van der Waals surface area (Å²) in [6.07, 6.45) is 1.90. The number of nitrogens with zero attached hydrogens (tertiary/aromatic N) is 2. The standard InChI is InChI=1S/C31H24N2O4S2/c1-3-37-30(35)26-27(19-10-5-4-6-11-19)32-31-33(28(26)24-14-9-17-38-24)29(34)25(39-31)18-20-15-16-23(36-2)22-13-8-7-12-21(20)22/h4-18,28H,3H2,1-2H3. The second kappa shape index (κ2) is 10.5. The van der Waals surface area contributed by atoms with Gasteiger partial charge in [0.2, 0.25) is 0 Å². The highest BCUT2D eigenvalue weighted by Crippen LogP contribution is 2.37. The minimum atomic E-state index is -0.648. The summed E-state index contributed by atoms with van der Waals surface area (Å²) in [6.45, 7) is 1.99. The summed E-state index contributed by atoms with van der Waals surface area (Å²) in [7, 11) is 1.65. The van der Waals surface area contributed by atoms with Crippen molar-refractivity contribution in [2.45, 2.75) is 13.0 Å². The maximum absolute atomic E-state index is 14.0. The van der Waals surface area contributed by atoms with E-state index in [2.05, 4.69) is 0 Å². The number of ether oxygens (including phenoxy) is 2. The summed E-state index contributed by atoms with van der Waals surface area (Å²) in [6, 6.07) is 24.6. The number of aromatic nitrogens is 1. The predicted octanol–water partition coefficient (Wildman–Crippen LogP) is 5.16. The van der Waals surface area contributed by atoms with Gasteiger partial charge < -0.3 is 9.47 Å². The first-order valence-electron chi connectivity index (χ1n) is 12.5. The van der Waals surface area contributed by atoms with E-state index >= 15 is 0 Å². The van der Waals surface area contributed by atoms with Crippen molar-refractivity contribution >= 4 is 51.2 Å². The molecule has 6 rings (SSSR count). The largest absolute Gasteiger partial charge is 0.496 e. The van der Waals surface area contributed by atoms with Gasteiger partial charge in [0.1, 0.15) is 11.8 Å². The van der Waals surface area contributed by atoms with Crippen molar-refractivity contribution in [3.8, 4) is 5.75 Å². The van der Waals surface area contributed by atoms with E-state index < -0.39 is 12.0 Å². The van der Waals surface area contributed by atoms with Crippen LogP contribution in [0.1, 0.15) is 29.0 Å². The minimum Gasteiger partial charge on any atom is -0.496 e. The zero-order valence-electron chi connectivity index (χ0n) is 21.3. The molecule has 3 aromatic carbocycles. The molecule has 1 aliphatic rings. The molecule has 1 atom stereocenters. The molecule has 0 radical (unpaired) electrons. The highest BCUT2D eigenvalue weighted by molar-refractivity contribution is 7.10. The second-order valence-corrected chi connectivity index (χ2v) is 10.8. The zero-order valence-corrected chi connectivity index (χ0v) is 22.9. The van der Waals surface area contributed by atoms with Crippen LogP contribution in [0.3, 0.4) is 0 Å². The Morgan fingerprint density at radius 2 is 1.77 bits per heavy atom. The van der Waals surface area contributed by atoms with E-state index in [4.69, 9.17) is 14.5 Å². The molecule has 0 N–H and O–H groups in total. The van der Waals surface area contributed by atoms with Crippen molar-refractivity contribution in [1.82, 2.24) is 4.57 Å². The van der Waals surface area contributed by atoms with Gasteiger partial charge in [-0.3, -0.25) is 9.36 Å². The van der Waals surface area contributed by atoms with Gasteiger partial charge in [-0.15, -0.1) is 11.3 Å². The van der Waals surface area contributed by atoms with Crippen molar-refractivity contribution in [3.05, 3.63) is 126 Å². The average Bonchev–Trinajstić information content (AvgIpc) is 3.61. The van der Waals surface area contributed by atoms with Crippen molar-refractivity contribution in [2.75, 3.05) is 13.7 Å². The normalized spacial score (nSPS) is 15.2. The van der Waals surface area contributed by atoms with Gasteiger partial charge in [0.25, 0.3) is 5.56 Å². The first-order chi connectivity index (χ1) is 19.1. The topological polar surface area (TPSA) is 69.9 Å². The van der Waals surface area contributed by atoms with Crippen molar-refractivity contribution in [3.63, 3.8) is 0 Å². The molecular weight excluding hydrogens is 528 g/mol. The Balaban J connectivity index is 1.64.